The number of nitrogens with zero attached hydrogens (tertiary/aromatic N) is 4. The fraction of sp³-hybridized carbons (Fsp3) is 0.381. The molecule has 35 heavy (non-hydrogen) atoms. The number of aliphatic imine (C=N–C) groups is 1. The van der Waals surface area contributed by atoms with Crippen molar-refractivity contribution in [3.63, 3.8) is 0 Å². The van der Waals surface area contributed by atoms with E-state index in [1.807, 2.05) is 12.1 Å². The molecule has 1 aliphatic heterocycles. The Bertz CT molecular complexity index is 1220. The monoisotopic (exact) mass is 562 g/mol. The minimum Gasteiger partial charge on any atom is -0.465 e. The number of ether oxygens (including phenoxy) is 1. The molecule has 1 aliphatic rings. The van der Waals surface area contributed by atoms with E-state index < -0.39 is 16.1 Å². The Morgan fingerprint density at radius 2 is 1.91 bits per heavy atom. The highest BCUT2D eigenvalue weighted by Crippen LogP contribution is 2.35. The number of amidine groups is 1. The maximum atomic E-state index is 12.6. The smallest absolute Gasteiger partial charge is 0.413 e. The van der Waals surface area contributed by atoms with Crippen molar-refractivity contribution in [1.82, 2.24) is 14.1 Å². The molecule has 0 bridgehead atoms. The predicted molar refractivity (Wildman–Crippen MR) is 134 cm³/mol. The summed E-state index contributed by atoms with van der Waals surface area (Å²) in [6.07, 6.45) is -1.04. The highest BCUT2D eigenvalue weighted by atomic mass is 35.5. The number of likely N-dealkylation sites (N-methyl/N-ethyl adjacent to an activating group) is 2. The second kappa shape index (κ2) is 11.7. The van der Waals surface area contributed by atoms with Crippen molar-refractivity contribution in [2.24, 2.45) is 4.99 Å². The highest BCUT2D eigenvalue weighted by molar-refractivity contribution is 7.89. The number of carbonyl (C=O) groups excluding carboxylic acids is 1. The number of hydrogen-bond donors (Lipinski definition) is 1. The summed E-state index contributed by atoms with van der Waals surface area (Å²) in [4.78, 5) is 30.6. The molecule has 1 aromatic carbocycles. The van der Waals surface area contributed by atoms with Gasteiger partial charge in [-0.2, -0.15) is 4.31 Å². The van der Waals surface area contributed by atoms with Crippen LogP contribution in [-0.2, 0) is 26.1 Å². The van der Waals surface area contributed by atoms with Crippen LogP contribution >= 0.6 is 34.5 Å². The molecule has 0 radical (unpaired) electrons. The van der Waals surface area contributed by atoms with Crippen LogP contribution < -0.4 is 0 Å². The average Bonchev–Trinajstić information content (AvgIpc) is 3.43. The molecule has 0 aliphatic carbocycles. The van der Waals surface area contributed by atoms with Gasteiger partial charge in [0.25, 0.3) is 0 Å². The molecule has 2 heterocycles. The van der Waals surface area contributed by atoms with Crippen LogP contribution in [0.1, 0.15) is 11.1 Å². The first kappa shape index (κ1) is 27.4. The lowest BCUT2D eigenvalue weighted by atomic mass is 10.1. The molecule has 2 aromatic rings. The van der Waals surface area contributed by atoms with Crippen LogP contribution in [0.15, 0.2) is 40.2 Å². The summed E-state index contributed by atoms with van der Waals surface area (Å²) in [5.74, 6) is 0.141. The third kappa shape index (κ3) is 6.72. The first-order valence-electron chi connectivity index (χ1n) is 10.4. The van der Waals surface area contributed by atoms with Crippen molar-refractivity contribution in [2.45, 2.75) is 11.4 Å². The molecular weight excluding hydrogens is 539 g/mol. The molecule has 0 atom stereocenters. The van der Waals surface area contributed by atoms with Crippen molar-refractivity contribution < 1.29 is 27.9 Å². The summed E-state index contributed by atoms with van der Waals surface area (Å²) in [5, 5.41) is 9.25. The second-order valence-electron chi connectivity index (χ2n) is 7.65. The summed E-state index contributed by atoms with van der Waals surface area (Å²) < 4.78 is 32.0. The first-order valence-corrected chi connectivity index (χ1v) is 13.4. The Balaban J connectivity index is 1.45. The predicted octanol–water partition coefficient (Wildman–Crippen LogP) is 3.09. The van der Waals surface area contributed by atoms with Crippen LogP contribution in [0, 0.1) is 0 Å². The Morgan fingerprint density at radius 3 is 2.51 bits per heavy atom. The zero-order valence-electron chi connectivity index (χ0n) is 19.0. The summed E-state index contributed by atoms with van der Waals surface area (Å²) in [6.45, 7) is 0.921. The second-order valence-corrected chi connectivity index (χ2v) is 12.0. The Labute approximate surface area is 217 Å². The van der Waals surface area contributed by atoms with Crippen molar-refractivity contribution in [2.75, 3.05) is 46.9 Å². The van der Waals surface area contributed by atoms with E-state index in [0.29, 0.717) is 31.0 Å². The van der Waals surface area contributed by atoms with E-state index in [1.165, 1.54) is 22.9 Å². The molecule has 0 unspecified atom stereocenters. The lowest BCUT2D eigenvalue weighted by molar-refractivity contribution is -0.135. The number of sulfonamides is 1. The number of benzene rings is 1. The number of halogens is 2. The number of thiophene rings is 1. The molecule has 0 spiro atoms. The van der Waals surface area contributed by atoms with Gasteiger partial charge in [0.05, 0.1) is 24.0 Å². The Kier molecular flexibility index (Phi) is 9.13. The van der Waals surface area contributed by atoms with Gasteiger partial charge in [-0.3, -0.25) is 14.7 Å². The number of carbonyl (C=O) groups is 2. The molecule has 0 fully saturated rings. The molecule has 1 aromatic heterocycles. The van der Waals surface area contributed by atoms with E-state index in [4.69, 9.17) is 27.9 Å². The van der Waals surface area contributed by atoms with Gasteiger partial charge in [-0.15, -0.1) is 11.3 Å². The van der Waals surface area contributed by atoms with Gasteiger partial charge in [0, 0.05) is 32.7 Å². The van der Waals surface area contributed by atoms with Crippen LogP contribution in [0.25, 0.3) is 0 Å². The zero-order chi connectivity index (χ0) is 25.8. The Morgan fingerprint density at radius 1 is 1.23 bits per heavy atom. The van der Waals surface area contributed by atoms with Gasteiger partial charge in [-0.1, -0.05) is 47.5 Å². The van der Waals surface area contributed by atoms with Crippen LogP contribution in [0.4, 0.5) is 4.79 Å². The van der Waals surface area contributed by atoms with Gasteiger partial charge < -0.3 is 14.7 Å². The SMILES string of the molecule is CN(Cc1ccc(C2=NCCN2C(=O)O)cc1)C(=O)COCCN(C)S(=O)(=O)c1cc(Cl)sc1Cl. The van der Waals surface area contributed by atoms with E-state index in [0.717, 1.165) is 21.2 Å². The molecule has 10 nitrogen and oxygen atoms in total. The van der Waals surface area contributed by atoms with Gasteiger partial charge in [0.1, 0.15) is 21.7 Å². The van der Waals surface area contributed by atoms with Gasteiger partial charge in [-0.25, -0.2) is 13.2 Å². The molecule has 190 valence electrons. The average molecular weight is 563 g/mol. The topological polar surface area (TPSA) is 120 Å². The van der Waals surface area contributed by atoms with E-state index in [-0.39, 0.29) is 39.2 Å². The van der Waals surface area contributed by atoms with Gasteiger partial charge >= 0.3 is 6.09 Å². The number of amides is 2. The third-order valence-electron chi connectivity index (χ3n) is 5.22. The molecule has 3 rings (SSSR count). The van der Waals surface area contributed by atoms with E-state index in [9.17, 15) is 23.1 Å². The Hall–Kier alpha value is -2.22. The van der Waals surface area contributed by atoms with Crippen molar-refractivity contribution in [3.05, 3.63) is 50.1 Å². The molecule has 1 N–H and O–H groups in total. The minimum absolute atomic E-state index is 0.0156. The first-order chi connectivity index (χ1) is 16.5. The minimum atomic E-state index is -3.82. The standard InChI is InChI=1S/C21H24Cl2N4O6S2/c1-25(12-14-3-5-15(6-4-14)20-24-7-8-27(20)21(29)30)18(28)13-33-10-9-26(2)35(31,32)16-11-17(22)34-19(16)23/h3-6,11H,7-10,12-13H2,1-2H3,(H,29,30). The van der Waals surface area contributed by atoms with Crippen molar-refractivity contribution in [3.8, 4) is 0 Å². The maximum absolute atomic E-state index is 12.6. The van der Waals surface area contributed by atoms with Gasteiger partial charge in [0.15, 0.2) is 0 Å². The number of hydrogen-bond acceptors (Lipinski definition) is 7. The normalized spacial score (nSPS) is 13.9. The van der Waals surface area contributed by atoms with E-state index in [2.05, 4.69) is 4.99 Å². The summed E-state index contributed by atoms with van der Waals surface area (Å²) in [6, 6.07) is 8.46. The lowest BCUT2D eigenvalue weighted by Crippen LogP contribution is -2.33. The van der Waals surface area contributed by atoms with Gasteiger partial charge in [-0.05, 0) is 11.6 Å². The van der Waals surface area contributed by atoms with Crippen LogP contribution in [-0.4, -0.2) is 92.4 Å². The van der Waals surface area contributed by atoms with Gasteiger partial charge in [0.2, 0.25) is 15.9 Å². The fourth-order valence-electron chi connectivity index (χ4n) is 3.25. The van der Waals surface area contributed by atoms with Crippen molar-refractivity contribution >= 4 is 62.4 Å². The summed E-state index contributed by atoms with van der Waals surface area (Å²) in [5.41, 5.74) is 1.54. The highest BCUT2D eigenvalue weighted by Gasteiger charge is 2.26. The number of rotatable bonds is 10. The quantitative estimate of drug-likeness (QED) is 0.444. The summed E-state index contributed by atoms with van der Waals surface area (Å²) in [7, 11) is -0.792. The summed E-state index contributed by atoms with van der Waals surface area (Å²) >= 11 is 12.8. The molecule has 14 heteroatoms. The number of carboxylic acid groups (broad SMARTS) is 1. The lowest BCUT2D eigenvalue weighted by Gasteiger charge is -2.19. The molecule has 0 saturated carbocycles. The molecule has 2 amide bonds. The third-order valence-corrected chi connectivity index (χ3v) is 8.83. The largest absolute Gasteiger partial charge is 0.465 e. The van der Waals surface area contributed by atoms with E-state index in [1.54, 1.807) is 19.2 Å². The zero-order valence-corrected chi connectivity index (χ0v) is 22.1. The van der Waals surface area contributed by atoms with Crippen LogP contribution in [0.5, 0.6) is 0 Å². The maximum Gasteiger partial charge on any atom is 0.413 e. The molecular formula is C21H24Cl2N4O6S2. The molecule has 0 saturated heterocycles. The van der Waals surface area contributed by atoms with E-state index >= 15 is 0 Å². The van der Waals surface area contributed by atoms with Crippen LogP contribution in [0.2, 0.25) is 8.67 Å². The van der Waals surface area contributed by atoms with Crippen molar-refractivity contribution in [1.29, 1.82) is 0 Å². The van der Waals surface area contributed by atoms with Crippen LogP contribution in [0.3, 0.4) is 0 Å². The fourth-order valence-corrected chi connectivity index (χ4v) is 6.52.